The van der Waals surface area contributed by atoms with Gasteiger partial charge in [-0.2, -0.15) is 19.9 Å². The molecular formula is C62H57F4N13O3. The zero-order valence-electron chi connectivity index (χ0n) is 45.0. The van der Waals surface area contributed by atoms with Crippen LogP contribution in [0.2, 0.25) is 0 Å². The van der Waals surface area contributed by atoms with Crippen LogP contribution >= 0.6 is 0 Å². The van der Waals surface area contributed by atoms with Crippen molar-refractivity contribution >= 4 is 66.5 Å². The Hall–Kier alpha value is -8.20. The standard InChI is InChI=1S/C62H57F4N13O3/c1-35-26-37(80)32-76(31-35)58-43-28-70-53(40-11-2-8-36-9-3-13-44(63)49(36)40)52(66)56(43)73-60(75-58)82-34-62-19-7-24-79(62)46(16-20-62)38-14-15-45(64)50-39(38)10-4-12-41(50)54-51(65)55-42(27-69-54)57(71-48-30-68-47-29-67-21-25-78(47)48)74-59(72-55)81-33-61-17-5-22-77(61)23-6-18-61/h2-4,8-15,21,25,27-30,35,37,46,80H,5-7,16-20,22-24,26,31-34H2,1H3,(H,71,72,74)/t35-,37+,46?,62?/m0/s1. The first-order valence-corrected chi connectivity index (χ1v) is 28.4. The van der Waals surface area contributed by atoms with E-state index in [0.717, 1.165) is 70.1 Å². The topological polar surface area (TPSA) is 168 Å². The summed E-state index contributed by atoms with van der Waals surface area (Å²) in [5.41, 5.74) is 1.28. The third-order valence-corrected chi connectivity index (χ3v) is 18.2. The Bertz CT molecular complexity index is 4180. The van der Waals surface area contributed by atoms with E-state index < -0.39 is 34.9 Å². The Labute approximate surface area is 468 Å². The molecule has 4 atom stereocenters. The van der Waals surface area contributed by atoms with Crippen LogP contribution in [0.1, 0.15) is 76.3 Å². The van der Waals surface area contributed by atoms with E-state index in [0.29, 0.717) is 70.4 Å². The molecule has 6 aromatic heterocycles. The van der Waals surface area contributed by atoms with Gasteiger partial charge in [0.25, 0.3) is 0 Å². The largest absolute Gasteiger partial charge is 0.461 e. The molecule has 5 aliphatic heterocycles. The second-order valence-corrected chi connectivity index (χ2v) is 23.1. The van der Waals surface area contributed by atoms with Crippen molar-refractivity contribution in [3.63, 3.8) is 0 Å². The lowest BCUT2D eigenvalue weighted by Crippen LogP contribution is -2.44. The maximum Gasteiger partial charge on any atom is 0.319 e. The van der Waals surface area contributed by atoms with Crippen LogP contribution < -0.4 is 19.7 Å². The molecule has 0 amide bonds. The number of β-amino-alcohol motifs (C(OH)–C–C–N with tert-alkyl or cyclic N) is 1. The van der Waals surface area contributed by atoms with Crippen LogP contribution in [0.5, 0.6) is 12.0 Å². The van der Waals surface area contributed by atoms with Crippen LogP contribution in [0, 0.1) is 29.2 Å². The van der Waals surface area contributed by atoms with Gasteiger partial charge in [0.1, 0.15) is 64.7 Å². The van der Waals surface area contributed by atoms with Gasteiger partial charge < -0.3 is 24.8 Å². The molecule has 0 bridgehead atoms. The Morgan fingerprint density at radius 2 is 1.35 bits per heavy atom. The highest BCUT2D eigenvalue weighted by atomic mass is 19.1. The van der Waals surface area contributed by atoms with Crippen molar-refractivity contribution in [1.82, 2.24) is 54.1 Å². The number of hydrogen-bond acceptors (Lipinski definition) is 15. The Balaban J connectivity index is 0.767. The van der Waals surface area contributed by atoms with Crippen molar-refractivity contribution in [2.24, 2.45) is 5.92 Å². The summed E-state index contributed by atoms with van der Waals surface area (Å²) in [6.07, 6.45) is 17.0. The third-order valence-electron chi connectivity index (χ3n) is 18.2. The van der Waals surface area contributed by atoms with E-state index in [1.807, 2.05) is 30.0 Å². The average molecular weight is 1110 g/mol. The number of nitrogens with one attached hydrogen (secondary N) is 1. The van der Waals surface area contributed by atoms with Gasteiger partial charge in [-0.3, -0.25) is 29.2 Å². The van der Waals surface area contributed by atoms with Gasteiger partial charge in [0, 0.05) is 65.8 Å². The summed E-state index contributed by atoms with van der Waals surface area (Å²) in [6, 6.07) is 18.4. The van der Waals surface area contributed by atoms with Crippen molar-refractivity contribution in [2.45, 2.75) is 87.9 Å². The van der Waals surface area contributed by atoms with Crippen LogP contribution in [0.3, 0.4) is 0 Å². The second kappa shape index (κ2) is 19.8. The van der Waals surface area contributed by atoms with Gasteiger partial charge in [-0.25, -0.2) is 22.5 Å². The smallest absolute Gasteiger partial charge is 0.319 e. The molecule has 82 heavy (non-hydrogen) atoms. The van der Waals surface area contributed by atoms with E-state index in [2.05, 4.69) is 30.1 Å². The first-order valence-electron chi connectivity index (χ1n) is 28.4. The summed E-state index contributed by atoms with van der Waals surface area (Å²) in [7, 11) is 0. The Morgan fingerprint density at radius 3 is 2.15 bits per heavy atom. The molecular weight excluding hydrogens is 1050 g/mol. The molecule has 16 nitrogen and oxygen atoms in total. The molecule has 10 aromatic rings. The van der Waals surface area contributed by atoms with Gasteiger partial charge >= 0.3 is 12.0 Å². The third kappa shape index (κ3) is 8.33. The second-order valence-electron chi connectivity index (χ2n) is 23.1. The van der Waals surface area contributed by atoms with E-state index in [-0.39, 0.29) is 87.2 Å². The summed E-state index contributed by atoms with van der Waals surface area (Å²) in [4.78, 5) is 44.0. The summed E-state index contributed by atoms with van der Waals surface area (Å²) in [5, 5.41) is 16.6. The van der Waals surface area contributed by atoms with E-state index in [1.54, 1.807) is 65.6 Å². The predicted octanol–water partition coefficient (Wildman–Crippen LogP) is 11.3. The molecule has 0 spiro atoms. The SMILES string of the molecule is C[C@H]1C[C@@H](O)CN(c2nc(OCC34CCCN3C(c3ccc(F)c5c(-c6ncc7c(Nc8cnc9cnccn89)nc(OCC89CCCN8CCC9)nc7c6F)cccc35)CC4)nc3c(F)c(-c4cccc5cccc(F)c45)ncc23)C1. The maximum atomic E-state index is 17.7. The van der Waals surface area contributed by atoms with Crippen molar-refractivity contribution in [3.05, 3.63) is 133 Å². The molecule has 0 radical (unpaired) electrons. The Kier molecular flexibility index (Phi) is 12.2. The molecule has 5 fully saturated rings. The van der Waals surface area contributed by atoms with Crippen LogP contribution in [-0.4, -0.2) is 122 Å². The number of hydrogen-bond donors (Lipinski definition) is 2. The molecule has 416 valence electrons. The molecule has 15 rings (SSSR count). The molecule has 20 heteroatoms. The number of pyridine rings is 2. The lowest BCUT2D eigenvalue weighted by molar-refractivity contribution is 0.0848. The van der Waals surface area contributed by atoms with Crippen LogP contribution in [-0.2, 0) is 0 Å². The van der Waals surface area contributed by atoms with E-state index in [9.17, 15) is 5.11 Å². The van der Waals surface area contributed by atoms with E-state index in [4.69, 9.17) is 34.4 Å². The van der Waals surface area contributed by atoms with Gasteiger partial charge in [0.2, 0.25) is 0 Å². The average Bonchev–Trinajstić information content (AvgIpc) is 3.56. The Morgan fingerprint density at radius 1 is 0.671 bits per heavy atom. The highest BCUT2D eigenvalue weighted by Gasteiger charge is 2.51. The number of ether oxygens (including phenoxy) is 2. The molecule has 5 aliphatic rings. The van der Waals surface area contributed by atoms with Crippen LogP contribution in [0.15, 0.2) is 104 Å². The fourth-order valence-corrected chi connectivity index (χ4v) is 14.5. The molecule has 5 saturated heterocycles. The number of piperidine rings is 1. The van der Waals surface area contributed by atoms with Gasteiger partial charge in [0.15, 0.2) is 17.3 Å². The van der Waals surface area contributed by atoms with Crippen molar-refractivity contribution < 1.29 is 32.1 Å². The molecule has 11 heterocycles. The number of nitrogens with zero attached hydrogens (tertiary/aromatic N) is 12. The number of imidazole rings is 1. The minimum Gasteiger partial charge on any atom is -0.461 e. The summed E-state index contributed by atoms with van der Waals surface area (Å²) < 4.78 is 82.1. The van der Waals surface area contributed by atoms with Crippen LogP contribution in [0.4, 0.5) is 35.0 Å². The summed E-state index contributed by atoms with van der Waals surface area (Å²) in [5.74, 6) is -1.16. The summed E-state index contributed by atoms with van der Waals surface area (Å²) in [6.45, 7) is 6.17. The van der Waals surface area contributed by atoms with Gasteiger partial charge in [-0.05, 0) is 112 Å². The summed E-state index contributed by atoms with van der Waals surface area (Å²) >= 11 is 0. The lowest BCUT2D eigenvalue weighted by atomic mass is 9.92. The predicted molar refractivity (Wildman–Crippen MR) is 303 cm³/mol. The fourth-order valence-electron chi connectivity index (χ4n) is 14.5. The minimum atomic E-state index is -0.745. The fraction of sp³-hybridized carbons (Fsp3) is 0.355. The zero-order valence-corrected chi connectivity index (χ0v) is 45.0. The van der Waals surface area contributed by atoms with Crippen molar-refractivity contribution in [3.8, 4) is 34.5 Å². The number of aliphatic hydroxyl groups excluding tert-OH is 1. The number of rotatable bonds is 12. The molecule has 2 N–H and O–H groups in total. The maximum absolute atomic E-state index is 17.7. The van der Waals surface area contributed by atoms with Crippen LogP contribution in [0.25, 0.3) is 71.5 Å². The quantitative estimate of drug-likeness (QED) is 0.111. The lowest BCUT2D eigenvalue weighted by Gasteiger charge is -2.36. The zero-order chi connectivity index (χ0) is 55.4. The van der Waals surface area contributed by atoms with Gasteiger partial charge in [0.05, 0.1) is 40.3 Å². The monoisotopic (exact) mass is 1110 g/mol. The number of aromatic nitrogens is 9. The normalized spacial score (nSPS) is 21.8. The highest BCUT2D eigenvalue weighted by Crippen LogP contribution is 2.51. The van der Waals surface area contributed by atoms with E-state index in [1.165, 1.54) is 24.5 Å². The molecule has 4 aromatic carbocycles. The first-order chi connectivity index (χ1) is 40.0. The minimum absolute atomic E-state index is 0.0118. The molecule has 0 saturated carbocycles. The first kappa shape index (κ1) is 50.7. The molecule has 0 aliphatic carbocycles. The number of benzene rings is 4. The number of anilines is 3. The van der Waals surface area contributed by atoms with E-state index >= 15 is 17.6 Å². The number of aliphatic hydroxyl groups is 1. The number of halogens is 4. The number of fused-ring (bicyclic) bond motifs is 7. The van der Waals surface area contributed by atoms with Gasteiger partial charge in [-0.1, -0.05) is 61.5 Å². The van der Waals surface area contributed by atoms with Crippen molar-refractivity contribution in [1.29, 1.82) is 0 Å². The van der Waals surface area contributed by atoms with Crippen molar-refractivity contribution in [2.75, 3.05) is 56.2 Å². The highest BCUT2D eigenvalue weighted by molar-refractivity contribution is 6.02. The molecule has 2 unspecified atom stereocenters. The van der Waals surface area contributed by atoms with Gasteiger partial charge in [-0.15, -0.1) is 0 Å².